The highest BCUT2D eigenvalue weighted by Crippen LogP contribution is 2.19. The molecule has 3 heteroatoms. The molecule has 0 bridgehead atoms. The van der Waals surface area contributed by atoms with Crippen molar-refractivity contribution < 1.29 is 14.6 Å². The monoisotopic (exact) mass is 284 g/mol. The normalized spacial score (nSPS) is 12.0. The third-order valence-corrected chi connectivity index (χ3v) is 3.25. The Morgan fingerprint density at radius 2 is 1.71 bits per heavy atom. The average Bonchev–Trinajstić information content (AvgIpc) is 2.36. The lowest BCUT2D eigenvalue weighted by Gasteiger charge is -2.16. The molecule has 0 aromatic heterocycles. The van der Waals surface area contributed by atoms with E-state index in [1.807, 2.05) is 63.2 Å². The number of hydrogen-bond acceptors (Lipinski definition) is 2. The van der Waals surface area contributed by atoms with E-state index in [-0.39, 0.29) is 0 Å². The predicted molar refractivity (Wildman–Crippen MR) is 82.9 cm³/mol. The molecule has 0 aliphatic carbocycles. The number of aryl methyl sites for hydroxylation is 3. The molecule has 0 spiro atoms. The molecular formula is C18H20O3. The maximum atomic E-state index is 11.4. The van der Waals surface area contributed by atoms with Crippen LogP contribution in [0.5, 0.6) is 5.75 Å². The second kappa shape index (κ2) is 6.44. The van der Waals surface area contributed by atoms with Gasteiger partial charge in [-0.05, 0) is 49.6 Å². The molecule has 0 amide bonds. The fourth-order valence-electron chi connectivity index (χ4n) is 2.40. The zero-order valence-corrected chi connectivity index (χ0v) is 12.6. The van der Waals surface area contributed by atoms with E-state index in [1.54, 1.807) is 0 Å². The summed E-state index contributed by atoms with van der Waals surface area (Å²) >= 11 is 0. The van der Waals surface area contributed by atoms with Crippen molar-refractivity contribution in [1.29, 1.82) is 0 Å². The molecule has 2 rings (SSSR count). The van der Waals surface area contributed by atoms with Gasteiger partial charge in [-0.25, -0.2) is 4.79 Å². The Morgan fingerprint density at radius 3 is 2.29 bits per heavy atom. The lowest BCUT2D eigenvalue weighted by molar-refractivity contribution is -0.145. The smallest absolute Gasteiger partial charge is 0.345 e. The zero-order chi connectivity index (χ0) is 15.4. The molecule has 0 aliphatic heterocycles. The number of benzene rings is 2. The van der Waals surface area contributed by atoms with Crippen LogP contribution in [-0.4, -0.2) is 17.2 Å². The van der Waals surface area contributed by atoms with Crippen molar-refractivity contribution in [3.05, 3.63) is 64.7 Å². The van der Waals surface area contributed by atoms with E-state index in [0.29, 0.717) is 12.2 Å². The second-order valence-electron chi connectivity index (χ2n) is 5.46. The maximum absolute atomic E-state index is 11.4. The fourth-order valence-corrected chi connectivity index (χ4v) is 2.40. The summed E-state index contributed by atoms with van der Waals surface area (Å²) in [5.74, 6) is -0.344. The molecule has 0 saturated heterocycles. The first-order valence-corrected chi connectivity index (χ1v) is 6.97. The summed E-state index contributed by atoms with van der Waals surface area (Å²) < 4.78 is 5.68. The van der Waals surface area contributed by atoms with E-state index in [4.69, 9.17) is 4.74 Å². The summed E-state index contributed by atoms with van der Waals surface area (Å²) in [6.07, 6.45) is -0.530. The van der Waals surface area contributed by atoms with Crippen LogP contribution < -0.4 is 4.74 Å². The summed E-state index contributed by atoms with van der Waals surface area (Å²) in [6, 6.07) is 13.6. The van der Waals surface area contributed by atoms with Crippen molar-refractivity contribution in [2.45, 2.75) is 33.3 Å². The van der Waals surface area contributed by atoms with Crippen LogP contribution in [0.2, 0.25) is 0 Å². The second-order valence-corrected chi connectivity index (χ2v) is 5.46. The quantitative estimate of drug-likeness (QED) is 0.911. The summed E-state index contributed by atoms with van der Waals surface area (Å²) in [5.41, 5.74) is 4.20. The fraction of sp³-hybridized carbons (Fsp3) is 0.278. The molecule has 2 aromatic rings. The Balaban J connectivity index is 2.17. The minimum absolute atomic E-state index is 0.351. The zero-order valence-electron chi connectivity index (χ0n) is 12.6. The molecule has 110 valence electrons. The molecule has 21 heavy (non-hydrogen) atoms. The number of aliphatic carboxylic acids is 1. The lowest BCUT2D eigenvalue weighted by Crippen LogP contribution is -2.29. The third kappa shape index (κ3) is 4.35. The highest BCUT2D eigenvalue weighted by molar-refractivity contribution is 5.73. The van der Waals surface area contributed by atoms with Gasteiger partial charge in [0.2, 0.25) is 0 Å². The van der Waals surface area contributed by atoms with Crippen molar-refractivity contribution in [3.8, 4) is 5.75 Å². The summed E-state index contributed by atoms with van der Waals surface area (Å²) in [4.78, 5) is 11.4. The topological polar surface area (TPSA) is 46.5 Å². The van der Waals surface area contributed by atoms with Crippen LogP contribution in [0.25, 0.3) is 0 Å². The van der Waals surface area contributed by atoms with E-state index in [2.05, 4.69) is 0 Å². The minimum atomic E-state index is -0.948. The van der Waals surface area contributed by atoms with E-state index in [9.17, 15) is 9.90 Å². The van der Waals surface area contributed by atoms with E-state index >= 15 is 0 Å². The van der Waals surface area contributed by atoms with Crippen LogP contribution in [0.1, 0.15) is 22.3 Å². The number of ether oxygens (including phenoxy) is 1. The van der Waals surface area contributed by atoms with Crippen LogP contribution in [0.15, 0.2) is 42.5 Å². The van der Waals surface area contributed by atoms with Gasteiger partial charge in [-0.15, -0.1) is 0 Å². The van der Waals surface area contributed by atoms with Crippen LogP contribution in [0, 0.1) is 20.8 Å². The molecule has 0 saturated carbocycles. The van der Waals surface area contributed by atoms with E-state index in [1.165, 1.54) is 0 Å². The van der Waals surface area contributed by atoms with Gasteiger partial charge in [0.1, 0.15) is 5.75 Å². The van der Waals surface area contributed by atoms with Gasteiger partial charge < -0.3 is 9.84 Å². The summed E-state index contributed by atoms with van der Waals surface area (Å²) in [7, 11) is 0. The maximum Gasteiger partial charge on any atom is 0.345 e. The predicted octanol–water partition coefficient (Wildman–Crippen LogP) is 3.69. The van der Waals surface area contributed by atoms with E-state index in [0.717, 1.165) is 22.3 Å². The largest absolute Gasteiger partial charge is 0.478 e. The Morgan fingerprint density at radius 1 is 1.05 bits per heavy atom. The first kappa shape index (κ1) is 15.1. The van der Waals surface area contributed by atoms with Crippen molar-refractivity contribution in [3.63, 3.8) is 0 Å². The highest BCUT2D eigenvalue weighted by atomic mass is 16.5. The third-order valence-electron chi connectivity index (χ3n) is 3.25. The van der Waals surface area contributed by atoms with Gasteiger partial charge in [-0.2, -0.15) is 0 Å². The van der Waals surface area contributed by atoms with Gasteiger partial charge in [0.25, 0.3) is 0 Å². The Bertz CT molecular complexity index is 626. The Labute approximate surface area is 125 Å². The molecule has 1 atom stereocenters. The number of carboxylic acid groups (broad SMARTS) is 1. The van der Waals surface area contributed by atoms with Crippen molar-refractivity contribution in [1.82, 2.24) is 0 Å². The molecule has 0 fully saturated rings. The molecular weight excluding hydrogens is 264 g/mol. The van der Waals surface area contributed by atoms with Crippen LogP contribution in [0.4, 0.5) is 0 Å². The molecule has 0 aliphatic rings. The number of hydrogen-bond donors (Lipinski definition) is 1. The summed E-state index contributed by atoms with van der Waals surface area (Å²) in [6.45, 7) is 5.93. The van der Waals surface area contributed by atoms with Crippen molar-refractivity contribution in [2.24, 2.45) is 0 Å². The van der Waals surface area contributed by atoms with Crippen molar-refractivity contribution in [2.75, 3.05) is 0 Å². The average molecular weight is 284 g/mol. The number of rotatable bonds is 5. The van der Waals surface area contributed by atoms with Gasteiger partial charge in [-0.1, -0.05) is 35.9 Å². The lowest BCUT2D eigenvalue weighted by atomic mass is 10.1. The van der Waals surface area contributed by atoms with Gasteiger partial charge in [0.15, 0.2) is 6.10 Å². The highest BCUT2D eigenvalue weighted by Gasteiger charge is 2.20. The molecule has 1 N–H and O–H groups in total. The first-order valence-electron chi connectivity index (χ1n) is 6.97. The van der Waals surface area contributed by atoms with Crippen LogP contribution >= 0.6 is 0 Å². The van der Waals surface area contributed by atoms with E-state index < -0.39 is 12.1 Å². The standard InChI is InChI=1S/C18H20O3/c1-12-5-4-6-15(8-12)11-17(18(19)20)21-16-9-13(2)7-14(3)10-16/h4-10,17H,11H2,1-3H3,(H,19,20). The number of carboxylic acids is 1. The minimum Gasteiger partial charge on any atom is -0.478 e. The van der Waals surface area contributed by atoms with Crippen LogP contribution in [-0.2, 0) is 11.2 Å². The summed E-state index contributed by atoms with van der Waals surface area (Å²) in [5, 5.41) is 9.38. The van der Waals surface area contributed by atoms with Gasteiger partial charge >= 0.3 is 5.97 Å². The van der Waals surface area contributed by atoms with Gasteiger partial charge in [0, 0.05) is 6.42 Å². The molecule has 0 radical (unpaired) electrons. The van der Waals surface area contributed by atoms with Gasteiger partial charge in [0.05, 0.1) is 0 Å². The molecule has 1 unspecified atom stereocenters. The van der Waals surface area contributed by atoms with Gasteiger partial charge in [-0.3, -0.25) is 0 Å². The SMILES string of the molecule is Cc1cccc(CC(Oc2cc(C)cc(C)c2)C(=O)O)c1. The van der Waals surface area contributed by atoms with Crippen molar-refractivity contribution >= 4 is 5.97 Å². The molecule has 0 heterocycles. The Kier molecular flexibility index (Phi) is 4.63. The molecule has 3 nitrogen and oxygen atoms in total. The van der Waals surface area contributed by atoms with Crippen LogP contribution in [0.3, 0.4) is 0 Å². The molecule has 2 aromatic carbocycles. The first-order chi connectivity index (χ1) is 9.94. The number of carbonyl (C=O) groups is 1. The Hall–Kier alpha value is -2.29.